The van der Waals surface area contributed by atoms with Gasteiger partial charge in [-0.1, -0.05) is 88.4 Å². The third-order valence-corrected chi connectivity index (χ3v) is 6.71. The van der Waals surface area contributed by atoms with Crippen LogP contribution in [0.1, 0.15) is 50.8 Å². The summed E-state index contributed by atoms with van der Waals surface area (Å²) in [5.74, 6) is -0.745. The van der Waals surface area contributed by atoms with Crippen LogP contribution >= 0.6 is 0 Å². The summed E-state index contributed by atoms with van der Waals surface area (Å²) in [6.07, 6.45) is 0.567. The Kier molecular flexibility index (Phi) is 3.75. The minimum Gasteiger partial charge on any atom is -0.481 e. The predicted octanol–water partition coefficient (Wildman–Crippen LogP) is 5.82. The average Bonchev–Trinajstić information content (AvgIpc) is 2.64. The van der Waals surface area contributed by atoms with Gasteiger partial charge < -0.3 is 5.11 Å². The van der Waals surface area contributed by atoms with E-state index in [1.165, 1.54) is 5.56 Å². The quantitative estimate of drug-likeness (QED) is 0.626. The lowest BCUT2D eigenvalue weighted by molar-refractivity contribution is -0.148. The number of hydrogen-bond donors (Lipinski definition) is 1. The molecular weight excluding hydrogens is 332 g/mol. The first-order chi connectivity index (χ1) is 12.7. The molecule has 0 heterocycles. The van der Waals surface area contributed by atoms with Gasteiger partial charge in [-0.25, -0.2) is 0 Å². The van der Waals surface area contributed by atoms with Crippen molar-refractivity contribution in [2.75, 3.05) is 0 Å². The van der Waals surface area contributed by atoms with Crippen LogP contribution in [0.4, 0.5) is 0 Å². The molecule has 2 heteroatoms. The SMILES string of the molecule is CC1(C)CC(C(=O)O)(c2ccc3ccccc3c2)C(C)(C)c2ccccc21. The van der Waals surface area contributed by atoms with Gasteiger partial charge in [0, 0.05) is 5.41 Å². The maximum atomic E-state index is 12.9. The van der Waals surface area contributed by atoms with Crippen molar-refractivity contribution in [3.05, 3.63) is 83.4 Å². The van der Waals surface area contributed by atoms with E-state index in [1.807, 2.05) is 24.3 Å². The molecule has 0 aliphatic heterocycles. The minimum absolute atomic E-state index is 0.226. The van der Waals surface area contributed by atoms with Gasteiger partial charge in [-0.15, -0.1) is 0 Å². The summed E-state index contributed by atoms with van der Waals surface area (Å²) in [7, 11) is 0. The second kappa shape index (κ2) is 5.69. The van der Waals surface area contributed by atoms with Crippen molar-refractivity contribution in [3.8, 4) is 0 Å². The van der Waals surface area contributed by atoms with E-state index in [0.29, 0.717) is 6.42 Å². The Morgan fingerprint density at radius 2 is 1.41 bits per heavy atom. The van der Waals surface area contributed by atoms with Crippen molar-refractivity contribution in [2.45, 2.75) is 50.4 Å². The van der Waals surface area contributed by atoms with Gasteiger partial charge >= 0.3 is 5.97 Å². The Bertz CT molecular complexity index is 1040. The fourth-order valence-electron chi connectivity index (χ4n) is 5.21. The van der Waals surface area contributed by atoms with Gasteiger partial charge in [0.15, 0.2) is 0 Å². The number of carboxylic acids is 1. The molecule has 0 fully saturated rings. The van der Waals surface area contributed by atoms with Crippen LogP contribution < -0.4 is 0 Å². The average molecular weight is 358 g/mol. The topological polar surface area (TPSA) is 37.3 Å². The number of carbonyl (C=O) groups is 1. The molecule has 0 saturated carbocycles. The second-order valence-electron chi connectivity index (χ2n) is 9.00. The lowest BCUT2D eigenvalue weighted by Gasteiger charge is -2.54. The van der Waals surface area contributed by atoms with Crippen LogP contribution in [0.25, 0.3) is 10.8 Å². The summed E-state index contributed by atoms with van der Waals surface area (Å²) in [4.78, 5) is 12.9. The van der Waals surface area contributed by atoms with Crippen LogP contribution in [-0.2, 0) is 21.0 Å². The third-order valence-electron chi connectivity index (χ3n) is 6.71. The van der Waals surface area contributed by atoms with Gasteiger partial charge in [-0.3, -0.25) is 4.79 Å². The molecule has 0 aromatic heterocycles. The lowest BCUT2D eigenvalue weighted by Crippen LogP contribution is -2.58. The molecule has 138 valence electrons. The molecule has 0 spiro atoms. The van der Waals surface area contributed by atoms with E-state index in [9.17, 15) is 9.90 Å². The summed E-state index contributed by atoms with van der Waals surface area (Å²) >= 11 is 0. The zero-order valence-corrected chi connectivity index (χ0v) is 16.4. The lowest BCUT2D eigenvalue weighted by atomic mass is 9.48. The van der Waals surface area contributed by atoms with E-state index >= 15 is 0 Å². The molecule has 3 aromatic rings. The highest BCUT2D eigenvalue weighted by molar-refractivity contribution is 5.89. The fourth-order valence-corrected chi connectivity index (χ4v) is 5.21. The van der Waals surface area contributed by atoms with Gasteiger partial charge in [0.05, 0.1) is 0 Å². The number of hydrogen-bond acceptors (Lipinski definition) is 1. The highest BCUT2D eigenvalue weighted by Gasteiger charge is 2.59. The fraction of sp³-hybridized carbons (Fsp3) is 0.320. The molecule has 27 heavy (non-hydrogen) atoms. The summed E-state index contributed by atoms with van der Waals surface area (Å²) in [5.41, 5.74) is 1.53. The molecule has 1 N–H and O–H groups in total. The van der Waals surface area contributed by atoms with E-state index in [0.717, 1.165) is 21.9 Å². The van der Waals surface area contributed by atoms with Gasteiger partial charge in [-0.2, -0.15) is 0 Å². The molecule has 0 amide bonds. The Hall–Kier alpha value is -2.61. The van der Waals surface area contributed by atoms with Crippen molar-refractivity contribution >= 4 is 16.7 Å². The standard InChI is InChI=1S/C25H26O2/c1-23(2)16-25(22(26)27,24(3,4)21-12-8-7-11-20(21)23)19-14-13-17-9-5-6-10-18(17)15-19/h5-15H,16H2,1-4H3,(H,26,27). The molecule has 1 aliphatic rings. The van der Waals surface area contributed by atoms with E-state index in [2.05, 4.69) is 70.2 Å². The Morgan fingerprint density at radius 1 is 0.815 bits per heavy atom. The molecule has 1 atom stereocenters. The van der Waals surface area contributed by atoms with Crippen LogP contribution in [0.2, 0.25) is 0 Å². The van der Waals surface area contributed by atoms with E-state index in [1.54, 1.807) is 0 Å². The number of fused-ring (bicyclic) bond motifs is 2. The van der Waals surface area contributed by atoms with Crippen molar-refractivity contribution in [1.82, 2.24) is 0 Å². The van der Waals surface area contributed by atoms with Crippen LogP contribution in [0.15, 0.2) is 66.7 Å². The first kappa shape index (κ1) is 17.8. The highest BCUT2D eigenvalue weighted by atomic mass is 16.4. The van der Waals surface area contributed by atoms with Gasteiger partial charge in [0.1, 0.15) is 5.41 Å². The second-order valence-corrected chi connectivity index (χ2v) is 9.00. The number of aliphatic carboxylic acids is 1. The molecule has 0 bridgehead atoms. The predicted molar refractivity (Wildman–Crippen MR) is 110 cm³/mol. The van der Waals surface area contributed by atoms with E-state index in [-0.39, 0.29) is 5.41 Å². The Balaban J connectivity index is 2.05. The molecule has 1 unspecified atom stereocenters. The molecule has 2 nitrogen and oxygen atoms in total. The zero-order chi connectivity index (χ0) is 19.4. The Labute approximate surface area is 160 Å². The third kappa shape index (κ3) is 2.36. The van der Waals surface area contributed by atoms with Gasteiger partial charge in [0.2, 0.25) is 0 Å². The smallest absolute Gasteiger partial charge is 0.315 e. The summed E-state index contributed by atoms with van der Waals surface area (Å²) in [6, 6.07) is 22.6. The monoisotopic (exact) mass is 358 g/mol. The van der Waals surface area contributed by atoms with Crippen LogP contribution in [0, 0.1) is 0 Å². The number of carboxylic acid groups (broad SMARTS) is 1. The zero-order valence-electron chi connectivity index (χ0n) is 16.4. The van der Waals surface area contributed by atoms with Crippen molar-refractivity contribution in [3.63, 3.8) is 0 Å². The van der Waals surface area contributed by atoms with Crippen molar-refractivity contribution in [2.24, 2.45) is 0 Å². The molecule has 0 saturated heterocycles. The largest absolute Gasteiger partial charge is 0.481 e. The number of rotatable bonds is 2. The van der Waals surface area contributed by atoms with Crippen molar-refractivity contribution in [1.29, 1.82) is 0 Å². The first-order valence-corrected chi connectivity index (χ1v) is 9.53. The summed E-state index contributed by atoms with van der Waals surface area (Å²) in [5, 5.41) is 12.8. The van der Waals surface area contributed by atoms with Gasteiger partial charge in [0.25, 0.3) is 0 Å². The molecule has 4 rings (SSSR count). The van der Waals surface area contributed by atoms with E-state index < -0.39 is 16.8 Å². The maximum Gasteiger partial charge on any atom is 0.315 e. The van der Waals surface area contributed by atoms with Crippen LogP contribution in [0.3, 0.4) is 0 Å². The van der Waals surface area contributed by atoms with E-state index in [4.69, 9.17) is 0 Å². The molecule has 1 aliphatic carbocycles. The Morgan fingerprint density at radius 3 is 2.07 bits per heavy atom. The first-order valence-electron chi connectivity index (χ1n) is 9.53. The highest BCUT2D eigenvalue weighted by Crippen LogP contribution is 2.57. The van der Waals surface area contributed by atoms with Crippen LogP contribution in [0.5, 0.6) is 0 Å². The molecule has 3 aromatic carbocycles. The molecular formula is C25H26O2. The molecule has 0 radical (unpaired) electrons. The normalized spacial score (nSPS) is 23.0. The summed E-state index contributed by atoms with van der Waals surface area (Å²) < 4.78 is 0. The minimum atomic E-state index is -0.991. The maximum absolute atomic E-state index is 12.9. The number of benzene rings is 3. The van der Waals surface area contributed by atoms with Crippen molar-refractivity contribution < 1.29 is 9.90 Å². The van der Waals surface area contributed by atoms with Crippen LogP contribution in [-0.4, -0.2) is 11.1 Å². The van der Waals surface area contributed by atoms with Gasteiger partial charge in [-0.05, 0) is 45.4 Å². The summed E-state index contributed by atoms with van der Waals surface area (Å²) in [6.45, 7) is 8.51.